The monoisotopic (exact) mass is 263 g/mol. The zero-order valence-electron chi connectivity index (χ0n) is 10.3. The number of nitrogens with one attached hydrogen (secondary N) is 1. The van der Waals surface area contributed by atoms with Crippen molar-refractivity contribution in [1.29, 1.82) is 0 Å². The second-order valence-electron chi connectivity index (χ2n) is 4.32. The molecule has 1 amide bonds. The van der Waals surface area contributed by atoms with Crippen LogP contribution >= 0.6 is 0 Å². The minimum atomic E-state index is -3.05. The standard InChI is InChI=1S/C10H21N3O3S/c1-3-12-10(14)5-13(4-2)9-7-17(15,16)6-8(9)11/h8-9H,3-7,11H2,1-2H3,(H,12,14). The van der Waals surface area contributed by atoms with Gasteiger partial charge in [-0.3, -0.25) is 9.69 Å². The Hall–Kier alpha value is -0.660. The zero-order chi connectivity index (χ0) is 13.1. The van der Waals surface area contributed by atoms with Crippen LogP contribution < -0.4 is 11.1 Å². The van der Waals surface area contributed by atoms with Gasteiger partial charge in [-0.25, -0.2) is 8.42 Å². The van der Waals surface area contributed by atoms with Crippen molar-refractivity contribution in [3.05, 3.63) is 0 Å². The van der Waals surface area contributed by atoms with Crippen LogP contribution in [0, 0.1) is 0 Å². The molecule has 0 aromatic heterocycles. The van der Waals surface area contributed by atoms with Crippen LogP contribution in [0.1, 0.15) is 13.8 Å². The topological polar surface area (TPSA) is 92.5 Å². The average molecular weight is 263 g/mol. The van der Waals surface area contributed by atoms with E-state index in [9.17, 15) is 13.2 Å². The molecule has 0 aromatic carbocycles. The summed E-state index contributed by atoms with van der Waals surface area (Å²) >= 11 is 0. The third-order valence-electron chi connectivity index (χ3n) is 2.96. The predicted octanol–water partition coefficient (Wildman–Crippen LogP) is -1.43. The van der Waals surface area contributed by atoms with E-state index in [1.54, 1.807) is 0 Å². The number of hydrogen-bond acceptors (Lipinski definition) is 5. The van der Waals surface area contributed by atoms with E-state index in [2.05, 4.69) is 5.32 Å². The number of amides is 1. The number of nitrogens with zero attached hydrogens (tertiary/aromatic N) is 1. The summed E-state index contributed by atoms with van der Waals surface area (Å²) in [5, 5.41) is 2.70. The molecule has 17 heavy (non-hydrogen) atoms. The first-order valence-electron chi connectivity index (χ1n) is 5.86. The molecule has 1 saturated heterocycles. The zero-order valence-corrected chi connectivity index (χ0v) is 11.2. The van der Waals surface area contributed by atoms with Gasteiger partial charge in [-0.1, -0.05) is 6.92 Å². The SMILES string of the molecule is CCNC(=O)CN(CC)C1CS(=O)(=O)CC1N. The van der Waals surface area contributed by atoms with Crippen LogP contribution in [0.2, 0.25) is 0 Å². The van der Waals surface area contributed by atoms with Crippen molar-refractivity contribution in [1.82, 2.24) is 10.2 Å². The maximum Gasteiger partial charge on any atom is 0.234 e. The summed E-state index contributed by atoms with van der Waals surface area (Å²) in [4.78, 5) is 13.3. The van der Waals surface area contributed by atoms with Gasteiger partial charge in [0.05, 0.1) is 18.1 Å². The molecule has 0 spiro atoms. The van der Waals surface area contributed by atoms with Crippen molar-refractivity contribution in [2.45, 2.75) is 25.9 Å². The summed E-state index contributed by atoms with van der Waals surface area (Å²) in [5.74, 6) is -0.0174. The molecule has 0 saturated carbocycles. The van der Waals surface area contributed by atoms with Crippen LogP contribution in [-0.4, -0.2) is 62.4 Å². The molecular formula is C10H21N3O3S. The fourth-order valence-corrected chi connectivity index (χ4v) is 4.06. The van der Waals surface area contributed by atoms with Gasteiger partial charge in [0, 0.05) is 18.6 Å². The maximum absolute atomic E-state index is 11.5. The number of carbonyl (C=O) groups is 1. The highest BCUT2D eigenvalue weighted by atomic mass is 32.2. The Morgan fingerprint density at radius 2 is 2.06 bits per heavy atom. The molecule has 0 bridgehead atoms. The molecule has 6 nitrogen and oxygen atoms in total. The predicted molar refractivity (Wildman–Crippen MR) is 66.3 cm³/mol. The van der Waals surface area contributed by atoms with E-state index in [1.807, 2.05) is 18.7 Å². The highest BCUT2D eigenvalue weighted by molar-refractivity contribution is 7.91. The van der Waals surface area contributed by atoms with E-state index in [4.69, 9.17) is 5.73 Å². The van der Waals surface area contributed by atoms with E-state index < -0.39 is 15.9 Å². The van der Waals surface area contributed by atoms with Crippen LogP contribution in [0.3, 0.4) is 0 Å². The van der Waals surface area contributed by atoms with Crippen molar-refractivity contribution < 1.29 is 13.2 Å². The molecule has 3 N–H and O–H groups in total. The molecule has 1 aliphatic rings. The first kappa shape index (κ1) is 14.4. The molecule has 2 unspecified atom stereocenters. The fourth-order valence-electron chi connectivity index (χ4n) is 2.13. The van der Waals surface area contributed by atoms with Gasteiger partial charge in [-0.05, 0) is 13.5 Å². The van der Waals surface area contributed by atoms with E-state index in [0.717, 1.165) is 0 Å². The van der Waals surface area contributed by atoms with Crippen molar-refractivity contribution in [2.24, 2.45) is 5.73 Å². The quantitative estimate of drug-likeness (QED) is 0.634. The van der Waals surface area contributed by atoms with Crippen molar-refractivity contribution in [2.75, 3.05) is 31.1 Å². The van der Waals surface area contributed by atoms with Gasteiger partial charge >= 0.3 is 0 Å². The van der Waals surface area contributed by atoms with Crippen molar-refractivity contribution >= 4 is 15.7 Å². The van der Waals surface area contributed by atoms with Crippen LogP contribution in [0.5, 0.6) is 0 Å². The van der Waals surface area contributed by atoms with Crippen molar-refractivity contribution in [3.63, 3.8) is 0 Å². The lowest BCUT2D eigenvalue weighted by molar-refractivity contribution is -0.122. The lowest BCUT2D eigenvalue weighted by Crippen LogP contribution is -2.50. The molecule has 2 atom stereocenters. The van der Waals surface area contributed by atoms with Gasteiger partial charge in [0.25, 0.3) is 0 Å². The second-order valence-corrected chi connectivity index (χ2v) is 6.48. The second kappa shape index (κ2) is 5.79. The molecule has 0 aliphatic carbocycles. The Kier molecular flexibility index (Phi) is 4.91. The highest BCUT2D eigenvalue weighted by Gasteiger charge is 2.38. The maximum atomic E-state index is 11.5. The third kappa shape index (κ3) is 3.93. The molecule has 1 rings (SSSR count). The Bertz CT molecular complexity index is 369. The minimum Gasteiger partial charge on any atom is -0.355 e. The minimum absolute atomic E-state index is 0.0174. The Morgan fingerprint density at radius 1 is 1.41 bits per heavy atom. The number of likely N-dealkylation sites (N-methyl/N-ethyl adjacent to an activating group) is 2. The molecule has 1 heterocycles. The van der Waals surface area contributed by atoms with Crippen LogP contribution in [0.4, 0.5) is 0 Å². The number of hydrogen-bond donors (Lipinski definition) is 2. The summed E-state index contributed by atoms with van der Waals surface area (Å²) in [6, 6.07) is -0.637. The Labute approximate surface area is 102 Å². The summed E-state index contributed by atoms with van der Waals surface area (Å²) in [7, 11) is -3.05. The molecule has 0 radical (unpaired) electrons. The third-order valence-corrected chi connectivity index (χ3v) is 4.70. The normalized spacial score (nSPS) is 27.3. The number of nitrogens with two attached hydrogens (primary N) is 1. The van der Waals surface area contributed by atoms with Crippen LogP contribution in [0.25, 0.3) is 0 Å². The highest BCUT2D eigenvalue weighted by Crippen LogP contribution is 2.16. The van der Waals surface area contributed by atoms with Crippen LogP contribution in [-0.2, 0) is 14.6 Å². The summed E-state index contributed by atoms with van der Waals surface area (Å²) in [6.07, 6.45) is 0. The molecular weight excluding hydrogens is 242 g/mol. The molecule has 100 valence electrons. The smallest absolute Gasteiger partial charge is 0.234 e. The molecule has 1 aliphatic heterocycles. The number of sulfone groups is 1. The summed E-state index contributed by atoms with van der Waals surface area (Å²) in [5.41, 5.74) is 5.83. The van der Waals surface area contributed by atoms with Crippen molar-refractivity contribution in [3.8, 4) is 0 Å². The van der Waals surface area contributed by atoms with Gasteiger partial charge in [0.2, 0.25) is 5.91 Å². The van der Waals surface area contributed by atoms with Crippen LogP contribution in [0.15, 0.2) is 0 Å². The van der Waals surface area contributed by atoms with Gasteiger partial charge in [0.15, 0.2) is 9.84 Å². The molecule has 1 fully saturated rings. The van der Waals surface area contributed by atoms with Gasteiger partial charge in [-0.2, -0.15) is 0 Å². The largest absolute Gasteiger partial charge is 0.355 e. The molecule has 7 heteroatoms. The molecule has 0 aromatic rings. The first-order valence-corrected chi connectivity index (χ1v) is 7.68. The summed E-state index contributed by atoms with van der Waals surface area (Å²) < 4.78 is 23.0. The lowest BCUT2D eigenvalue weighted by Gasteiger charge is -2.28. The Balaban J connectivity index is 2.65. The van der Waals surface area contributed by atoms with E-state index >= 15 is 0 Å². The number of carbonyl (C=O) groups excluding carboxylic acids is 1. The van der Waals surface area contributed by atoms with E-state index in [1.165, 1.54) is 0 Å². The Morgan fingerprint density at radius 3 is 2.47 bits per heavy atom. The van der Waals surface area contributed by atoms with E-state index in [0.29, 0.717) is 13.1 Å². The first-order chi connectivity index (χ1) is 7.89. The average Bonchev–Trinajstić information content (AvgIpc) is 2.49. The summed E-state index contributed by atoms with van der Waals surface area (Å²) in [6.45, 7) is 5.14. The van der Waals surface area contributed by atoms with Gasteiger partial charge in [-0.15, -0.1) is 0 Å². The lowest BCUT2D eigenvalue weighted by atomic mass is 10.1. The van der Waals surface area contributed by atoms with Gasteiger partial charge < -0.3 is 11.1 Å². The van der Waals surface area contributed by atoms with E-state index in [-0.39, 0.29) is 30.0 Å². The van der Waals surface area contributed by atoms with Gasteiger partial charge in [0.1, 0.15) is 0 Å². The fraction of sp³-hybridized carbons (Fsp3) is 0.900. The number of rotatable bonds is 5.